The van der Waals surface area contributed by atoms with Gasteiger partial charge in [-0.2, -0.15) is 0 Å². The summed E-state index contributed by atoms with van der Waals surface area (Å²) in [6.07, 6.45) is 4.92. The van der Waals surface area contributed by atoms with Gasteiger partial charge in [0.2, 0.25) is 0 Å². The highest BCUT2D eigenvalue weighted by Crippen LogP contribution is 2.29. The molecule has 3 heteroatoms. The zero-order valence-electron chi connectivity index (χ0n) is 9.08. The summed E-state index contributed by atoms with van der Waals surface area (Å²) < 4.78 is 10.4. The maximum absolute atomic E-state index is 9.18. The second-order valence-electron chi connectivity index (χ2n) is 4.05. The number of aliphatic hydroxyl groups excluding tert-OH is 1. The maximum Gasteiger partial charge on any atom is 0.0700 e. The molecule has 14 heavy (non-hydrogen) atoms. The number of methoxy groups -OCH3 is 1. The summed E-state index contributed by atoms with van der Waals surface area (Å²) in [5.41, 5.74) is 0. The number of rotatable bonds is 6. The highest BCUT2D eigenvalue weighted by atomic mass is 16.5. The van der Waals surface area contributed by atoms with Crippen LogP contribution in [0.4, 0.5) is 0 Å². The average Bonchev–Trinajstić information content (AvgIpc) is 2.25. The molecule has 0 spiro atoms. The van der Waals surface area contributed by atoms with Crippen LogP contribution in [0.1, 0.15) is 25.7 Å². The zero-order chi connectivity index (χ0) is 10.2. The van der Waals surface area contributed by atoms with Gasteiger partial charge in [-0.3, -0.25) is 0 Å². The van der Waals surface area contributed by atoms with E-state index in [2.05, 4.69) is 0 Å². The van der Waals surface area contributed by atoms with Crippen molar-refractivity contribution in [3.63, 3.8) is 0 Å². The third-order valence-corrected chi connectivity index (χ3v) is 3.06. The number of aliphatic hydroxyl groups is 1. The monoisotopic (exact) mass is 202 g/mol. The predicted octanol–water partition coefficient (Wildman–Crippen LogP) is 1.45. The van der Waals surface area contributed by atoms with Gasteiger partial charge in [0.25, 0.3) is 0 Å². The van der Waals surface area contributed by atoms with Crippen LogP contribution in [-0.4, -0.2) is 38.6 Å². The van der Waals surface area contributed by atoms with Crippen molar-refractivity contribution >= 4 is 0 Å². The molecule has 0 saturated heterocycles. The molecule has 0 aromatic rings. The van der Waals surface area contributed by atoms with Gasteiger partial charge < -0.3 is 14.6 Å². The molecule has 0 aromatic carbocycles. The largest absolute Gasteiger partial charge is 0.396 e. The van der Waals surface area contributed by atoms with Crippen LogP contribution in [0.3, 0.4) is 0 Å². The lowest BCUT2D eigenvalue weighted by atomic mass is 9.80. The van der Waals surface area contributed by atoms with Gasteiger partial charge in [0.15, 0.2) is 0 Å². The first-order valence-electron chi connectivity index (χ1n) is 5.56. The van der Waals surface area contributed by atoms with E-state index in [4.69, 9.17) is 9.47 Å². The van der Waals surface area contributed by atoms with Gasteiger partial charge in [0.05, 0.1) is 13.2 Å². The SMILES string of the molecule is COCCOCC1CCCCC1CO. The van der Waals surface area contributed by atoms with Crippen molar-refractivity contribution < 1.29 is 14.6 Å². The predicted molar refractivity (Wildman–Crippen MR) is 55.2 cm³/mol. The lowest BCUT2D eigenvalue weighted by molar-refractivity contribution is 0.0162. The van der Waals surface area contributed by atoms with Crippen molar-refractivity contribution in [1.29, 1.82) is 0 Å². The summed E-state index contributed by atoms with van der Waals surface area (Å²) in [5, 5.41) is 9.18. The Bertz CT molecular complexity index is 138. The normalized spacial score (nSPS) is 27.9. The van der Waals surface area contributed by atoms with E-state index < -0.39 is 0 Å². The van der Waals surface area contributed by atoms with E-state index >= 15 is 0 Å². The molecule has 3 nitrogen and oxygen atoms in total. The minimum absolute atomic E-state index is 0.318. The van der Waals surface area contributed by atoms with Crippen molar-refractivity contribution in [2.45, 2.75) is 25.7 Å². The van der Waals surface area contributed by atoms with E-state index in [1.165, 1.54) is 19.3 Å². The molecule has 1 fully saturated rings. The van der Waals surface area contributed by atoms with E-state index in [1.807, 2.05) is 0 Å². The van der Waals surface area contributed by atoms with Gasteiger partial charge in [-0.05, 0) is 24.7 Å². The highest BCUT2D eigenvalue weighted by Gasteiger charge is 2.24. The summed E-state index contributed by atoms with van der Waals surface area (Å²) in [4.78, 5) is 0. The smallest absolute Gasteiger partial charge is 0.0700 e. The Balaban J connectivity index is 2.13. The quantitative estimate of drug-likeness (QED) is 0.662. The highest BCUT2D eigenvalue weighted by molar-refractivity contribution is 4.74. The lowest BCUT2D eigenvalue weighted by Crippen LogP contribution is -2.27. The first-order chi connectivity index (χ1) is 6.88. The Hall–Kier alpha value is -0.120. The fourth-order valence-electron chi connectivity index (χ4n) is 2.12. The summed E-state index contributed by atoms with van der Waals surface area (Å²) >= 11 is 0. The second kappa shape index (κ2) is 7.21. The van der Waals surface area contributed by atoms with Crippen molar-refractivity contribution in [3.05, 3.63) is 0 Å². The number of hydrogen-bond acceptors (Lipinski definition) is 3. The molecule has 0 heterocycles. The average molecular weight is 202 g/mol. The number of ether oxygens (including phenoxy) is 2. The molecule has 1 aliphatic carbocycles. The molecule has 2 unspecified atom stereocenters. The Morgan fingerprint density at radius 2 is 1.86 bits per heavy atom. The van der Waals surface area contributed by atoms with E-state index in [9.17, 15) is 5.11 Å². The molecule has 84 valence electrons. The van der Waals surface area contributed by atoms with Gasteiger partial charge in [0, 0.05) is 20.3 Å². The molecule has 1 rings (SSSR count). The first-order valence-corrected chi connectivity index (χ1v) is 5.56. The van der Waals surface area contributed by atoms with Crippen LogP contribution in [-0.2, 0) is 9.47 Å². The van der Waals surface area contributed by atoms with Crippen LogP contribution in [0, 0.1) is 11.8 Å². The molecule has 1 saturated carbocycles. The van der Waals surface area contributed by atoms with E-state index in [-0.39, 0.29) is 0 Å². The summed E-state index contributed by atoms with van der Waals surface area (Å²) in [7, 11) is 1.68. The molecule has 0 aromatic heterocycles. The Morgan fingerprint density at radius 3 is 2.50 bits per heavy atom. The van der Waals surface area contributed by atoms with E-state index in [1.54, 1.807) is 7.11 Å². The molecule has 1 aliphatic rings. The Labute approximate surface area is 86.4 Å². The fourth-order valence-corrected chi connectivity index (χ4v) is 2.12. The van der Waals surface area contributed by atoms with Crippen LogP contribution in [0.5, 0.6) is 0 Å². The van der Waals surface area contributed by atoms with Crippen molar-refractivity contribution in [2.24, 2.45) is 11.8 Å². The zero-order valence-corrected chi connectivity index (χ0v) is 9.08. The maximum atomic E-state index is 9.18. The lowest BCUT2D eigenvalue weighted by Gasteiger charge is -2.29. The summed E-state index contributed by atoms with van der Waals surface area (Å²) in [5.74, 6) is 1.02. The van der Waals surface area contributed by atoms with Gasteiger partial charge in [0.1, 0.15) is 0 Å². The topological polar surface area (TPSA) is 38.7 Å². The molecule has 0 aliphatic heterocycles. The van der Waals surface area contributed by atoms with Crippen LogP contribution >= 0.6 is 0 Å². The molecular formula is C11H22O3. The van der Waals surface area contributed by atoms with Crippen LogP contribution in [0.15, 0.2) is 0 Å². The molecule has 0 bridgehead atoms. The van der Waals surface area contributed by atoms with Gasteiger partial charge in [-0.25, -0.2) is 0 Å². The Morgan fingerprint density at radius 1 is 1.14 bits per heavy atom. The van der Waals surface area contributed by atoms with Crippen LogP contribution in [0.25, 0.3) is 0 Å². The standard InChI is InChI=1S/C11H22O3/c1-13-6-7-14-9-11-5-3-2-4-10(11)8-12/h10-12H,2-9H2,1H3. The van der Waals surface area contributed by atoms with E-state index in [0.717, 1.165) is 13.0 Å². The van der Waals surface area contributed by atoms with Crippen LogP contribution in [0.2, 0.25) is 0 Å². The summed E-state index contributed by atoms with van der Waals surface area (Å²) in [6, 6.07) is 0. The molecule has 0 amide bonds. The molecular weight excluding hydrogens is 180 g/mol. The molecule has 0 radical (unpaired) electrons. The van der Waals surface area contributed by atoms with Gasteiger partial charge in [-0.15, -0.1) is 0 Å². The van der Waals surface area contributed by atoms with E-state index in [0.29, 0.717) is 31.7 Å². The molecule has 1 N–H and O–H groups in total. The first kappa shape index (κ1) is 12.0. The fraction of sp³-hybridized carbons (Fsp3) is 1.00. The number of hydrogen-bond donors (Lipinski definition) is 1. The minimum atomic E-state index is 0.318. The summed E-state index contributed by atoms with van der Waals surface area (Å²) in [6.45, 7) is 2.44. The second-order valence-corrected chi connectivity index (χ2v) is 4.05. The minimum Gasteiger partial charge on any atom is -0.396 e. The third kappa shape index (κ3) is 3.95. The van der Waals surface area contributed by atoms with Crippen molar-refractivity contribution in [1.82, 2.24) is 0 Å². The van der Waals surface area contributed by atoms with Gasteiger partial charge >= 0.3 is 0 Å². The third-order valence-electron chi connectivity index (χ3n) is 3.06. The van der Waals surface area contributed by atoms with Gasteiger partial charge in [-0.1, -0.05) is 12.8 Å². The van der Waals surface area contributed by atoms with Crippen molar-refractivity contribution in [2.75, 3.05) is 33.5 Å². The molecule has 2 atom stereocenters. The van der Waals surface area contributed by atoms with Crippen molar-refractivity contribution in [3.8, 4) is 0 Å². The Kier molecular flexibility index (Phi) is 6.15. The van der Waals surface area contributed by atoms with Crippen LogP contribution < -0.4 is 0 Å².